The minimum absolute atomic E-state index is 0.0944. The number of hydrogen-bond acceptors (Lipinski definition) is 4. The number of nitro benzene ring substituents is 1. The van der Waals surface area contributed by atoms with E-state index in [9.17, 15) is 13.9 Å². The van der Waals surface area contributed by atoms with Crippen LogP contribution in [-0.4, -0.2) is 27.6 Å². The number of nitro groups is 1. The van der Waals surface area contributed by atoms with Gasteiger partial charge in [0.15, 0.2) is 0 Å². The topological polar surface area (TPSA) is 110 Å². The van der Waals surface area contributed by atoms with Crippen LogP contribution in [0.25, 0.3) is 0 Å². The maximum absolute atomic E-state index is 10.4. The summed E-state index contributed by atoms with van der Waals surface area (Å²) < 4.78 is 31.6. The van der Waals surface area contributed by atoms with Crippen LogP contribution in [0.4, 0.5) is 5.69 Å². The molecule has 0 unspecified atom stereocenters. The van der Waals surface area contributed by atoms with Crippen molar-refractivity contribution in [3.8, 4) is 5.75 Å². The molecular weight excluding hydrogens is 257 g/mol. The Kier molecular flexibility index (Phi) is 2.95. The predicted octanol–water partition coefficient (Wildman–Crippen LogP) is -0.176. The van der Waals surface area contributed by atoms with Gasteiger partial charge in [0.2, 0.25) is 0 Å². The molecule has 0 aromatic heterocycles. The van der Waals surface area contributed by atoms with Crippen LogP contribution in [0.1, 0.15) is 0 Å². The van der Waals surface area contributed by atoms with Crippen molar-refractivity contribution in [2.75, 3.05) is 0 Å². The van der Waals surface area contributed by atoms with Crippen LogP contribution in [0.3, 0.4) is 0 Å². The van der Waals surface area contributed by atoms with E-state index in [1.54, 1.807) is 0 Å². The van der Waals surface area contributed by atoms with E-state index in [4.69, 9.17) is 8.19 Å². The quantitative estimate of drug-likeness (QED) is 0.445. The van der Waals surface area contributed by atoms with E-state index in [-0.39, 0.29) is 11.4 Å². The third-order valence-electron chi connectivity index (χ3n) is 1.27. The van der Waals surface area contributed by atoms with Gasteiger partial charge in [-0.25, -0.2) is 0 Å². The monoisotopic (exact) mass is 263 g/mol. The Morgan fingerprint density at radius 3 is 2.14 bits per heavy atom. The average Bonchev–Trinajstić information content (AvgIpc) is 2.02. The van der Waals surface area contributed by atoms with Crippen LogP contribution in [0.15, 0.2) is 24.3 Å². The van der Waals surface area contributed by atoms with Crippen molar-refractivity contribution in [2.45, 2.75) is 0 Å². The second-order valence-electron chi connectivity index (χ2n) is 2.33. The molecule has 0 amide bonds. The zero-order chi connectivity index (χ0) is 10.8. The summed E-state index contributed by atoms with van der Waals surface area (Å²) in [5.74, 6) is -0.0944. The van der Waals surface area contributed by atoms with E-state index in [1.165, 1.54) is 0 Å². The molecule has 14 heavy (non-hydrogen) atoms. The summed E-state index contributed by atoms with van der Waals surface area (Å²) in [6, 6.07) is 4.44. The summed E-state index contributed by atoms with van der Waals surface area (Å²) in [7, 11) is 0. The van der Waals surface area contributed by atoms with Crippen LogP contribution in [-0.2, 0) is 3.74 Å². The first kappa shape index (κ1) is 10.8. The van der Waals surface area contributed by atoms with E-state index in [0.717, 1.165) is 24.3 Å². The Balaban J connectivity index is 2.84. The average molecular weight is 263 g/mol. The molecule has 0 saturated carbocycles. The number of hydrogen-bond donors (Lipinski definition) is 2. The van der Waals surface area contributed by atoms with Crippen LogP contribution >= 0.6 is 0 Å². The zero-order valence-corrected chi connectivity index (χ0v) is 8.61. The van der Waals surface area contributed by atoms with Gasteiger partial charge in [-0.15, -0.1) is 0 Å². The molecule has 0 fully saturated rings. The first-order chi connectivity index (χ1) is 6.38. The molecule has 7 nitrogen and oxygen atoms in total. The first-order valence-electron chi connectivity index (χ1n) is 3.38. The number of nitrogens with zero attached hydrogens (tertiary/aromatic N) is 1. The third-order valence-corrected chi connectivity index (χ3v) is 2.21. The van der Waals surface area contributed by atoms with Gasteiger partial charge in [0.05, 0.1) is 0 Å². The minimum atomic E-state index is -5.18. The second kappa shape index (κ2) is 3.83. The molecule has 0 atom stereocenters. The van der Waals surface area contributed by atoms with E-state index in [1.807, 2.05) is 0 Å². The van der Waals surface area contributed by atoms with Crippen molar-refractivity contribution in [1.29, 1.82) is 0 Å². The van der Waals surface area contributed by atoms with Crippen molar-refractivity contribution < 1.29 is 20.6 Å². The predicted molar refractivity (Wildman–Crippen MR) is 44.6 cm³/mol. The molecule has 1 aromatic rings. The normalized spacial score (nSPS) is 11.0. The molecule has 2 N–H and O–H groups in total. The Labute approximate surface area is 81.4 Å². The van der Waals surface area contributed by atoms with Gasteiger partial charge in [-0.05, 0) is 0 Å². The molecule has 0 saturated heterocycles. The summed E-state index contributed by atoms with van der Waals surface area (Å²) in [6.45, 7) is 0. The molecule has 76 valence electrons. The molecule has 0 spiro atoms. The van der Waals surface area contributed by atoms with Crippen molar-refractivity contribution in [3.05, 3.63) is 34.4 Å². The summed E-state index contributed by atoms with van der Waals surface area (Å²) in [4.78, 5) is 9.59. The number of rotatable bonds is 3. The fourth-order valence-corrected chi connectivity index (χ4v) is 1.60. The van der Waals surface area contributed by atoms with Gasteiger partial charge in [0, 0.05) is 0 Å². The van der Waals surface area contributed by atoms with Crippen LogP contribution in [0.2, 0.25) is 0 Å². The summed E-state index contributed by atoms with van der Waals surface area (Å²) >= 11 is -5.18. The standard InChI is InChI=1S/C6H6AsNO6/c9-7(10,11)14-6-3-1-5(2-4-6)8(12)13/h1-4H,(H2,9,10,11). The molecule has 1 rings (SSSR count). The van der Waals surface area contributed by atoms with Gasteiger partial charge in [-0.3, -0.25) is 0 Å². The molecule has 0 heterocycles. The van der Waals surface area contributed by atoms with E-state index >= 15 is 0 Å². The van der Waals surface area contributed by atoms with E-state index in [0.29, 0.717) is 0 Å². The maximum atomic E-state index is 10.4. The fraction of sp³-hybridized carbons (Fsp3) is 0. The molecule has 0 aliphatic rings. The van der Waals surface area contributed by atoms with Crippen molar-refractivity contribution in [1.82, 2.24) is 0 Å². The Bertz CT molecular complexity index is 382. The Morgan fingerprint density at radius 2 is 1.79 bits per heavy atom. The SMILES string of the molecule is O=[N+]([O-])c1ccc(O[As](=O)(O)O)cc1. The molecule has 0 aliphatic heterocycles. The number of non-ortho nitro benzene ring substituents is 1. The van der Waals surface area contributed by atoms with Gasteiger partial charge in [0.1, 0.15) is 0 Å². The summed E-state index contributed by atoms with van der Waals surface area (Å²) in [5.41, 5.74) is -0.171. The van der Waals surface area contributed by atoms with Gasteiger partial charge < -0.3 is 0 Å². The van der Waals surface area contributed by atoms with E-state index < -0.39 is 19.4 Å². The fourth-order valence-electron chi connectivity index (χ4n) is 0.766. The van der Waals surface area contributed by atoms with Crippen molar-refractivity contribution >= 4 is 20.2 Å². The van der Waals surface area contributed by atoms with Gasteiger partial charge in [0.25, 0.3) is 0 Å². The second-order valence-corrected chi connectivity index (χ2v) is 4.77. The summed E-state index contributed by atoms with van der Waals surface area (Å²) in [5, 5.41) is 10.2. The Hall–Kier alpha value is -1.30. The molecule has 0 radical (unpaired) electrons. The van der Waals surface area contributed by atoms with Crippen LogP contribution in [0, 0.1) is 10.1 Å². The summed E-state index contributed by atoms with van der Waals surface area (Å²) in [6.07, 6.45) is 0. The van der Waals surface area contributed by atoms with Crippen molar-refractivity contribution in [2.24, 2.45) is 0 Å². The van der Waals surface area contributed by atoms with Crippen LogP contribution < -0.4 is 3.73 Å². The molecule has 0 bridgehead atoms. The third kappa shape index (κ3) is 3.21. The van der Waals surface area contributed by atoms with Crippen LogP contribution in [0.5, 0.6) is 5.75 Å². The first-order valence-corrected chi connectivity index (χ1v) is 6.59. The molecule has 0 aliphatic carbocycles. The van der Waals surface area contributed by atoms with Gasteiger partial charge in [-0.2, -0.15) is 0 Å². The number of benzene rings is 1. The molecular formula is C6H6AsNO6. The molecule has 8 heteroatoms. The van der Waals surface area contributed by atoms with Gasteiger partial charge >= 0.3 is 80.9 Å². The zero-order valence-electron chi connectivity index (χ0n) is 6.73. The Morgan fingerprint density at radius 1 is 1.29 bits per heavy atom. The van der Waals surface area contributed by atoms with Gasteiger partial charge in [-0.1, -0.05) is 0 Å². The molecule has 1 aromatic carbocycles. The van der Waals surface area contributed by atoms with Crippen molar-refractivity contribution in [3.63, 3.8) is 0 Å². The van der Waals surface area contributed by atoms with E-state index in [2.05, 4.69) is 3.73 Å².